The zero-order valence-corrected chi connectivity index (χ0v) is 13.7. The molecule has 1 saturated heterocycles. The summed E-state index contributed by atoms with van der Waals surface area (Å²) in [7, 11) is 0. The molecule has 0 aliphatic carbocycles. The van der Waals surface area contributed by atoms with Gasteiger partial charge in [-0.05, 0) is 39.2 Å². The molecule has 1 amide bonds. The van der Waals surface area contributed by atoms with Gasteiger partial charge in [0.15, 0.2) is 0 Å². The molecule has 1 N–H and O–H groups in total. The molecule has 0 bridgehead atoms. The lowest BCUT2D eigenvalue weighted by atomic mass is 10.1. The Labute approximate surface area is 132 Å². The highest BCUT2D eigenvalue weighted by atomic mass is 16.6. The fourth-order valence-corrected chi connectivity index (χ4v) is 2.39. The van der Waals surface area contributed by atoms with Crippen LogP contribution in [0.2, 0.25) is 0 Å². The number of carbonyl (C=O) groups is 1. The Bertz CT molecular complexity index is 471. The number of benzene rings is 1. The lowest BCUT2D eigenvalue weighted by Crippen LogP contribution is -2.51. The van der Waals surface area contributed by atoms with E-state index in [2.05, 4.69) is 17.6 Å². The van der Waals surface area contributed by atoms with Crippen LogP contribution in [0.25, 0.3) is 0 Å². The fourth-order valence-electron chi connectivity index (χ4n) is 2.39. The number of amides is 1. The minimum atomic E-state index is -0.483. The van der Waals surface area contributed by atoms with Crippen molar-refractivity contribution in [2.45, 2.75) is 51.9 Å². The van der Waals surface area contributed by atoms with Crippen LogP contribution in [0.15, 0.2) is 30.3 Å². The Kier molecular flexibility index (Phi) is 5.80. The Morgan fingerprint density at radius 2 is 2.05 bits per heavy atom. The summed E-state index contributed by atoms with van der Waals surface area (Å²) < 4.78 is 11.2. The van der Waals surface area contributed by atoms with E-state index in [-0.39, 0.29) is 6.10 Å². The average molecular weight is 306 g/mol. The third kappa shape index (κ3) is 6.03. The summed E-state index contributed by atoms with van der Waals surface area (Å²) >= 11 is 0. The highest BCUT2D eigenvalue weighted by Gasteiger charge is 2.24. The van der Waals surface area contributed by atoms with E-state index in [9.17, 15) is 4.79 Å². The highest BCUT2D eigenvalue weighted by molar-refractivity contribution is 5.67. The number of nitrogens with one attached hydrogen (secondary N) is 1. The summed E-state index contributed by atoms with van der Waals surface area (Å²) in [6, 6.07) is 10.1. The maximum Gasteiger partial charge on any atom is 0.422 e. The van der Waals surface area contributed by atoms with Crippen LogP contribution in [0.1, 0.15) is 39.2 Å². The lowest BCUT2D eigenvalue weighted by molar-refractivity contribution is -0.0299. The predicted octanol–water partition coefficient (Wildman–Crippen LogP) is 3.11. The molecule has 122 valence electrons. The number of hydrogen-bond donors (Lipinski definition) is 1. The van der Waals surface area contributed by atoms with Crippen molar-refractivity contribution in [3.05, 3.63) is 35.9 Å². The molecule has 0 spiro atoms. The van der Waals surface area contributed by atoms with Crippen molar-refractivity contribution in [3.8, 4) is 0 Å². The molecule has 1 unspecified atom stereocenters. The van der Waals surface area contributed by atoms with Crippen LogP contribution < -0.4 is 5.43 Å². The number of rotatable bonds is 4. The van der Waals surface area contributed by atoms with Crippen molar-refractivity contribution in [2.24, 2.45) is 0 Å². The minimum Gasteiger partial charge on any atom is -0.443 e. The maximum absolute atomic E-state index is 11.8. The zero-order chi connectivity index (χ0) is 16.0. The lowest BCUT2D eigenvalue weighted by Gasteiger charge is -2.33. The van der Waals surface area contributed by atoms with Crippen LogP contribution in [0.5, 0.6) is 0 Å². The normalized spacial score (nSPS) is 19.7. The second-order valence-corrected chi connectivity index (χ2v) is 6.62. The third-order valence-electron chi connectivity index (χ3n) is 3.35. The molecule has 0 radical (unpaired) electrons. The average Bonchev–Trinajstić information content (AvgIpc) is 2.44. The van der Waals surface area contributed by atoms with Gasteiger partial charge >= 0.3 is 6.09 Å². The van der Waals surface area contributed by atoms with Crippen molar-refractivity contribution in [2.75, 3.05) is 13.1 Å². The van der Waals surface area contributed by atoms with Crippen molar-refractivity contribution in [1.82, 2.24) is 10.4 Å². The molecule has 1 aromatic carbocycles. The van der Waals surface area contributed by atoms with E-state index in [1.54, 1.807) is 0 Å². The van der Waals surface area contributed by atoms with E-state index in [0.717, 1.165) is 19.4 Å². The molecule has 5 heteroatoms. The second-order valence-electron chi connectivity index (χ2n) is 6.62. The number of hydrogen-bond acceptors (Lipinski definition) is 4. The number of piperidine rings is 1. The van der Waals surface area contributed by atoms with Crippen molar-refractivity contribution < 1.29 is 14.3 Å². The molecule has 5 nitrogen and oxygen atoms in total. The Morgan fingerprint density at radius 3 is 2.73 bits per heavy atom. The third-order valence-corrected chi connectivity index (χ3v) is 3.35. The SMILES string of the molecule is CC(C)(C)OC(=O)NN1CCCC(OCc2ccccc2)C1. The highest BCUT2D eigenvalue weighted by Crippen LogP contribution is 2.14. The Balaban J connectivity index is 1.75. The van der Waals surface area contributed by atoms with Crippen molar-refractivity contribution >= 4 is 6.09 Å². The smallest absolute Gasteiger partial charge is 0.422 e. The molecule has 1 heterocycles. The summed E-state index contributed by atoms with van der Waals surface area (Å²) in [4.78, 5) is 11.8. The van der Waals surface area contributed by atoms with Gasteiger partial charge in [-0.15, -0.1) is 0 Å². The first kappa shape index (κ1) is 16.8. The molecule has 1 aliphatic heterocycles. The fraction of sp³-hybridized carbons (Fsp3) is 0.588. The molecule has 2 rings (SSSR count). The maximum atomic E-state index is 11.8. The summed E-state index contributed by atoms with van der Waals surface area (Å²) in [6.07, 6.45) is 1.73. The molecule has 0 saturated carbocycles. The molecule has 1 aromatic rings. The van der Waals surface area contributed by atoms with E-state index < -0.39 is 11.7 Å². The largest absolute Gasteiger partial charge is 0.443 e. The van der Waals surface area contributed by atoms with Crippen LogP contribution in [-0.2, 0) is 16.1 Å². The number of nitrogens with zero attached hydrogens (tertiary/aromatic N) is 1. The second kappa shape index (κ2) is 7.61. The quantitative estimate of drug-likeness (QED) is 0.928. The zero-order valence-electron chi connectivity index (χ0n) is 13.7. The van der Waals surface area contributed by atoms with Crippen LogP contribution >= 0.6 is 0 Å². The van der Waals surface area contributed by atoms with Gasteiger partial charge in [0.25, 0.3) is 0 Å². The van der Waals surface area contributed by atoms with Gasteiger partial charge in [-0.1, -0.05) is 30.3 Å². The van der Waals surface area contributed by atoms with Gasteiger partial charge in [-0.3, -0.25) is 5.43 Å². The van der Waals surface area contributed by atoms with Crippen LogP contribution in [0, 0.1) is 0 Å². The first-order valence-electron chi connectivity index (χ1n) is 7.82. The monoisotopic (exact) mass is 306 g/mol. The van der Waals surface area contributed by atoms with E-state index in [0.29, 0.717) is 13.2 Å². The van der Waals surface area contributed by atoms with E-state index in [4.69, 9.17) is 9.47 Å². The first-order chi connectivity index (χ1) is 10.4. The molecule has 22 heavy (non-hydrogen) atoms. The minimum absolute atomic E-state index is 0.129. The summed E-state index contributed by atoms with van der Waals surface area (Å²) in [6.45, 7) is 7.68. The van der Waals surface area contributed by atoms with Crippen molar-refractivity contribution in [3.63, 3.8) is 0 Å². The number of hydrazine groups is 1. The van der Waals surface area contributed by atoms with Crippen LogP contribution in [-0.4, -0.2) is 35.9 Å². The molecule has 0 aromatic heterocycles. The van der Waals surface area contributed by atoms with Gasteiger partial charge in [-0.25, -0.2) is 9.80 Å². The van der Waals surface area contributed by atoms with Crippen LogP contribution in [0.4, 0.5) is 4.79 Å². The summed E-state index contributed by atoms with van der Waals surface area (Å²) in [5.41, 5.74) is 3.48. The van der Waals surface area contributed by atoms with Crippen LogP contribution in [0.3, 0.4) is 0 Å². The standard InChI is InChI=1S/C17H26N2O3/c1-17(2,3)22-16(20)18-19-11-7-10-15(12-19)21-13-14-8-5-4-6-9-14/h4-6,8-9,15H,7,10-13H2,1-3H3,(H,18,20). The van der Waals surface area contributed by atoms with E-state index in [1.807, 2.05) is 44.0 Å². The van der Waals surface area contributed by atoms with Gasteiger partial charge < -0.3 is 9.47 Å². The molecular formula is C17H26N2O3. The van der Waals surface area contributed by atoms with Gasteiger partial charge in [0.05, 0.1) is 12.7 Å². The summed E-state index contributed by atoms with van der Waals surface area (Å²) in [5, 5.41) is 1.88. The van der Waals surface area contributed by atoms with Gasteiger partial charge in [0, 0.05) is 13.1 Å². The molecular weight excluding hydrogens is 280 g/mol. The predicted molar refractivity (Wildman–Crippen MR) is 85.2 cm³/mol. The van der Waals surface area contributed by atoms with Gasteiger partial charge in [0.2, 0.25) is 0 Å². The first-order valence-corrected chi connectivity index (χ1v) is 7.82. The van der Waals surface area contributed by atoms with Gasteiger partial charge in [-0.2, -0.15) is 0 Å². The topological polar surface area (TPSA) is 50.8 Å². The number of carbonyl (C=O) groups excluding carboxylic acids is 1. The number of ether oxygens (including phenoxy) is 2. The molecule has 1 atom stereocenters. The van der Waals surface area contributed by atoms with Crippen molar-refractivity contribution in [1.29, 1.82) is 0 Å². The Morgan fingerprint density at radius 1 is 1.32 bits per heavy atom. The molecule has 1 aliphatic rings. The Hall–Kier alpha value is -1.59. The van der Waals surface area contributed by atoms with E-state index in [1.165, 1.54) is 5.56 Å². The molecule has 1 fully saturated rings. The summed E-state index contributed by atoms with van der Waals surface area (Å²) in [5.74, 6) is 0. The van der Waals surface area contributed by atoms with E-state index >= 15 is 0 Å². The van der Waals surface area contributed by atoms with Gasteiger partial charge in [0.1, 0.15) is 5.60 Å².